The third kappa shape index (κ3) is 24.5. The molecule has 5 heterocycles. The van der Waals surface area contributed by atoms with E-state index in [9.17, 15) is 14.4 Å². The summed E-state index contributed by atoms with van der Waals surface area (Å²) < 4.78 is 5.45. The Labute approximate surface area is 572 Å². The molecule has 0 spiro atoms. The van der Waals surface area contributed by atoms with Gasteiger partial charge in [-0.15, -0.1) is 0 Å². The molecule has 4 aliphatic rings. The van der Waals surface area contributed by atoms with Crippen molar-refractivity contribution in [1.82, 2.24) is 61.5 Å². The fraction of sp³-hybridized carbons (Fsp3) is 0.720. The number of hydrogen-bond acceptors (Lipinski definition) is 17. The topological polar surface area (TPSA) is 254 Å². The van der Waals surface area contributed by atoms with Crippen molar-refractivity contribution < 1.29 is 19.1 Å². The number of ketones is 1. The summed E-state index contributed by atoms with van der Waals surface area (Å²) in [5, 5.41) is 23.3. The van der Waals surface area contributed by atoms with Crippen LogP contribution < -0.4 is 54.1 Å². The van der Waals surface area contributed by atoms with Gasteiger partial charge in [-0.1, -0.05) is 72.5 Å². The fourth-order valence-corrected chi connectivity index (χ4v) is 14.4. The Morgan fingerprint density at radius 1 is 0.642 bits per heavy atom. The number of ether oxygens (including phenoxy) is 1. The first-order valence-electron chi connectivity index (χ1n) is 37.3. The van der Waals surface area contributed by atoms with Gasteiger partial charge in [0.05, 0.1) is 24.6 Å². The normalized spacial score (nSPS) is 18.4. The van der Waals surface area contributed by atoms with Crippen LogP contribution in [-0.2, 0) is 14.3 Å². The number of nitrogens with zero attached hydrogens (tertiary/aromatic N) is 6. The number of allylic oxidation sites excluding steroid dienone is 2. The SMILES string of the molecule is C=Cc1c(C)c2[nH]c1=CC1=NC(=Cc3[nH]c4c(c3C)C(=O)C(C(=O)OC)C4C3N=C(C=2)C(C)C3CCC(=O)NCCN(CCNCCN(CCN)CCNCCCC)CCN(CCCCCNCCCC)CCNCCN(CCCCCN)CCCCCNC)C(CC)=C1C. The Kier molecular flexibility index (Phi) is 36.7. The van der Waals surface area contributed by atoms with Gasteiger partial charge in [-0.05, 0) is 191 Å². The van der Waals surface area contributed by atoms with Crippen LogP contribution >= 0.6 is 0 Å². The van der Waals surface area contributed by atoms with Gasteiger partial charge in [-0.25, -0.2) is 4.99 Å². The second-order valence-corrected chi connectivity index (χ2v) is 27.1. The Morgan fingerprint density at radius 3 is 1.78 bits per heavy atom. The number of aromatic nitrogens is 2. The Balaban J connectivity index is 1.18. The first-order chi connectivity index (χ1) is 46.3. The molecule has 0 saturated heterocycles. The highest BCUT2D eigenvalue weighted by molar-refractivity contribution is 6.23. The number of nitrogens with one attached hydrogen (secondary N) is 8. The van der Waals surface area contributed by atoms with Crippen LogP contribution in [-0.4, -0.2) is 236 Å². The quantitative estimate of drug-likeness (QED) is 0.0200. The summed E-state index contributed by atoms with van der Waals surface area (Å²) in [5.74, 6) is -2.85. The molecule has 534 valence electrons. The fourth-order valence-electron chi connectivity index (χ4n) is 14.4. The summed E-state index contributed by atoms with van der Waals surface area (Å²) in [4.78, 5) is 71.6. The molecule has 8 bridgehead atoms. The van der Waals surface area contributed by atoms with Crippen molar-refractivity contribution in [1.29, 1.82) is 0 Å². The van der Waals surface area contributed by atoms with Gasteiger partial charge in [0.2, 0.25) is 5.91 Å². The zero-order valence-corrected chi connectivity index (χ0v) is 60.7. The molecule has 95 heavy (non-hydrogen) atoms. The van der Waals surface area contributed by atoms with Crippen LogP contribution in [0.15, 0.2) is 33.4 Å². The van der Waals surface area contributed by atoms with Crippen molar-refractivity contribution in [2.45, 2.75) is 163 Å². The molecular weight excluding hydrogens is 1190 g/mol. The van der Waals surface area contributed by atoms with Gasteiger partial charge in [-0.2, -0.15) is 0 Å². The van der Waals surface area contributed by atoms with E-state index in [0.29, 0.717) is 37.3 Å². The molecule has 1 aliphatic carbocycles. The van der Waals surface area contributed by atoms with Gasteiger partial charge in [0, 0.05) is 162 Å². The standard InChI is InChI=1S/C75H130N16O4/c1-11-15-31-79-33-22-19-25-42-89(45-36-81-35-44-88(40-23-17-20-28-76)41-24-18-21-30-78-9)50-51-91(48-38-82-37-47-90(43-29-77)46-34-80-32-16-12-2)49-39-83-68(92)27-26-61-57(7)64-52-62-55(5)59(13-3)66(84-62)53-63-56(6)60(14-4)67(85-63)54-65-58(8)69-73(87-65)70(72(61)86-64)71(74(69)93)75(94)95-10/h13,52-54,57,61,70-72,78-82,84,87H,3,11-12,14-51,76-77H2,1-2,4-10H3,(H,83,92). The molecule has 6 rings (SSSR count). The van der Waals surface area contributed by atoms with Crippen molar-refractivity contribution in [3.8, 4) is 0 Å². The van der Waals surface area contributed by atoms with E-state index in [1.807, 2.05) is 20.0 Å². The van der Waals surface area contributed by atoms with Crippen molar-refractivity contribution in [3.05, 3.63) is 67.8 Å². The molecule has 0 aromatic carbocycles. The van der Waals surface area contributed by atoms with Gasteiger partial charge >= 0.3 is 5.97 Å². The molecular formula is C75H130N16O4. The van der Waals surface area contributed by atoms with Crippen LogP contribution in [0.25, 0.3) is 24.3 Å². The summed E-state index contributed by atoms with van der Waals surface area (Å²) in [6.07, 6.45) is 25.3. The number of H-pyrrole nitrogens is 2. The maximum absolute atomic E-state index is 14.8. The van der Waals surface area contributed by atoms with E-state index in [1.165, 1.54) is 77.7 Å². The van der Waals surface area contributed by atoms with E-state index in [-0.39, 0.29) is 29.9 Å². The Bertz CT molecular complexity index is 2910. The lowest BCUT2D eigenvalue weighted by molar-refractivity contribution is -0.144. The predicted octanol–water partition coefficient (Wildman–Crippen LogP) is 6.25. The minimum absolute atomic E-state index is 0.0199. The number of rotatable bonds is 52. The van der Waals surface area contributed by atoms with Crippen molar-refractivity contribution >= 4 is 53.4 Å². The maximum Gasteiger partial charge on any atom is 0.317 e. The number of aliphatic imine (C=N–C) groups is 2. The van der Waals surface area contributed by atoms with Gasteiger partial charge in [-0.3, -0.25) is 29.2 Å². The van der Waals surface area contributed by atoms with E-state index in [0.717, 1.165) is 218 Å². The second kappa shape index (κ2) is 44.1. The minimum atomic E-state index is -1.08. The van der Waals surface area contributed by atoms with Crippen LogP contribution in [0.2, 0.25) is 0 Å². The third-order valence-electron chi connectivity index (χ3n) is 20.4. The largest absolute Gasteiger partial charge is 0.468 e. The van der Waals surface area contributed by atoms with Crippen molar-refractivity contribution in [3.63, 3.8) is 0 Å². The zero-order valence-electron chi connectivity index (χ0n) is 60.7. The molecule has 2 aromatic heterocycles. The van der Waals surface area contributed by atoms with Gasteiger partial charge < -0.3 is 67.9 Å². The summed E-state index contributed by atoms with van der Waals surface area (Å²) >= 11 is 0. The van der Waals surface area contributed by atoms with E-state index in [4.69, 9.17) is 26.2 Å². The number of nitrogens with two attached hydrogens (primary N) is 2. The zero-order chi connectivity index (χ0) is 68.3. The van der Waals surface area contributed by atoms with Gasteiger partial charge in [0.15, 0.2) is 5.78 Å². The first kappa shape index (κ1) is 79.0. The summed E-state index contributed by atoms with van der Waals surface area (Å²) in [7, 11) is 3.39. The summed E-state index contributed by atoms with van der Waals surface area (Å²) in [6, 6.07) is -0.502. The lowest BCUT2D eigenvalue weighted by Crippen LogP contribution is -2.45. The number of aromatic amines is 2. The number of unbranched alkanes of at least 4 members (excludes halogenated alkanes) is 8. The number of carbonyl (C=O) groups is 3. The molecule has 20 heteroatoms. The average molecular weight is 1320 g/mol. The van der Waals surface area contributed by atoms with E-state index in [2.05, 4.69) is 128 Å². The first-order valence-corrected chi connectivity index (χ1v) is 37.3. The number of esters is 1. The number of Topliss-reactive ketones (excluding diaryl/α,β-unsaturated/α-hetero) is 1. The predicted molar refractivity (Wildman–Crippen MR) is 397 cm³/mol. The highest BCUT2D eigenvalue weighted by atomic mass is 16.5. The maximum atomic E-state index is 14.8. The molecule has 20 nitrogen and oxygen atoms in total. The van der Waals surface area contributed by atoms with Crippen LogP contribution in [0.3, 0.4) is 0 Å². The van der Waals surface area contributed by atoms with Crippen LogP contribution in [0.1, 0.15) is 182 Å². The molecule has 2 aromatic rings. The second-order valence-electron chi connectivity index (χ2n) is 27.1. The van der Waals surface area contributed by atoms with Crippen LogP contribution in [0.5, 0.6) is 0 Å². The summed E-state index contributed by atoms with van der Waals surface area (Å²) in [5.41, 5.74) is 21.6. The van der Waals surface area contributed by atoms with E-state index >= 15 is 0 Å². The van der Waals surface area contributed by atoms with Crippen molar-refractivity contribution in [2.75, 3.05) is 171 Å². The molecule has 3 aliphatic heterocycles. The molecule has 12 N–H and O–H groups in total. The van der Waals surface area contributed by atoms with E-state index < -0.39 is 23.8 Å². The molecule has 5 atom stereocenters. The molecule has 1 amide bonds. The van der Waals surface area contributed by atoms with Crippen LogP contribution in [0.4, 0.5) is 0 Å². The minimum Gasteiger partial charge on any atom is -0.468 e. The number of fused-ring (bicyclic) bond motifs is 6. The molecule has 0 fully saturated rings. The number of hydrogen-bond donors (Lipinski definition) is 10. The van der Waals surface area contributed by atoms with Crippen LogP contribution in [0, 0.1) is 31.6 Å². The number of methoxy groups -OCH3 is 1. The molecule has 0 radical (unpaired) electrons. The van der Waals surface area contributed by atoms with Crippen molar-refractivity contribution in [2.24, 2.45) is 39.2 Å². The molecule has 0 saturated carbocycles. The number of carbonyl (C=O) groups excluding carboxylic acids is 3. The Hall–Kier alpha value is -4.97. The van der Waals surface area contributed by atoms with Gasteiger partial charge in [0.25, 0.3) is 0 Å². The van der Waals surface area contributed by atoms with Gasteiger partial charge in [0.1, 0.15) is 5.92 Å². The highest BCUT2D eigenvalue weighted by Crippen LogP contribution is 2.50. The monoisotopic (exact) mass is 1320 g/mol. The lowest BCUT2D eigenvalue weighted by atomic mass is 9.75. The smallest absolute Gasteiger partial charge is 0.317 e. The lowest BCUT2D eigenvalue weighted by Gasteiger charge is -2.29. The summed E-state index contributed by atoms with van der Waals surface area (Å²) in [6.45, 7) is 41.6. The average Bonchev–Trinajstić information content (AvgIpc) is 1.57. The Morgan fingerprint density at radius 2 is 1.20 bits per heavy atom. The molecule has 5 unspecified atom stereocenters. The number of amides is 1. The highest BCUT2D eigenvalue weighted by Gasteiger charge is 2.54. The van der Waals surface area contributed by atoms with E-state index in [1.54, 1.807) is 0 Å². The third-order valence-corrected chi connectivity index (χ3v) is 20.4.